The van der Waals surface area contributed by atoms with Crippen LogP contribution in [0, 0.1) is 0 Å². The molecule has 0 bridgehead atoms. The van der Waals surface area contributed by atoms with E-state index in [-0.39, 0.29) is 24.4 Å². The number of nitrogens with zero attached hydrogens (tertiary/aromatic N) is 2. The van der Waals surface area contributed by atoms with Crippen molar-refractivity contribution in [2.24, 2.45) is 0 Å². The van der Waals surface area contributed by atoms with Crippen molar-refractivity contribution < 1.29 is 19.4 Å². The van der Waals surface area contributed by atoms with Crippen LogP contribution in [0.5, 0.6) is 0 Å². The average Bonchev–Trinajstić information content (AvgIpc) is 3.22. The minimum Gasteiger partial charge on any atom is -0.480 e. The molecule has 1 saturated carbocycles. The fourth-order valence-electron chi connectivity index (χ4n) is 2.39. The Hall–Kier alpha value is -2.15. The van der Waals surface area contributed by atoms with E-state index in [0.29, 0.717) is 5.92 Å². The monoisotopic (exact) mass is 335 g/mol. The lowest BCUT2D eigenvalue weighted by Gasteiger charge is -2.22. The number of aliphatic carboxylic acids is 1. The molecule has 1 unspecified atom stereocenters. The molecular formula is C17H25N3O4. The Bertz CT molecular complexity index is 626. The normalized spacial score (nSPS) is 15.8. The number of carbonyl (C=O) groups excluding carboxylic acids is 1. The fraction of sp³-hybridized carbons (Fsp3) is 0.588. The summed E-state index contributed by atoms with van der Waals surface area (Å²) in [5.41, 5.74) is 1.03. The van der Waals surface area contributed by atoms with Gasteiger partial charge in [0.15, 0.2) is 6.04 Å². The Labute approximate surface area is 141 Å². The highest BCUT2D eigenvalue weighted by molar-refractivity contribution is 5.95. The number of carboxylic acid groups (broad SMARTS) is 1. The molecule has 0 radical (unpaired) electrons. The first-order valence-electron chi connectivity index (χ1n) is 8.06. The molecule has 1 atom stereocenters. The van der Waals surface area contributed by atoms with Crippen LogP contribution < -0.4 is 5.32 Å². The first kappa shape index (κ1) is 18.2. The number of hydrogen-bond acceptors (Lipinski definition) is 4. The van der Waals surface area contributed by atoms with Gasteiger partial charge in [0.25, 0.3) is 5.91 Å². The van der Waals surface area contributed by atoms with Gasteiger partial charge < -0.3 is 15.2 Å². The van der Waals surface area contributed by atoms with E-state index in [1.54, 1.807) is 6.07 Å². The Kier molecular flexibility index (Phi) is 5.43. The van der Waals surface area contributed by atoms with Crippen LogP contribution in [0.15, 0.2) is 18.7 Å². The second kappa shape index (κ2) is 7.17. The van der Waals surface area contributed by atoms with Crippen molar-refractivity contribution in [1.29, 1.82) is 0 Å². The molecule has 2 N–H and O–H groups in total. The van der Waals surface area contributed by atoms with E-state index in [9.17, 15) is 14.7 Å². The molecule has 1 aliphatic rings. The molecule has 1 aliphatic carbocycles. The third-order valence-corrected chi connectivity index (χ3v) is 3.72. The number of carbonyl (C=O) groups is 2. The fourth-order valence-corrected chi connectivity index (χ4v) is 2.39. The van der Waals surface area contributed by atoms with Crippen molar-refractivity contribution in [1.82, 2.24) is 15.1 Å². The van der Waals surface area contributed by atoms with Crippen LogP contribution in [-0.2, 0) is 15.1 Å². The number of ether oxygens (including phenoxy) is 1. The first-order valence-corrected chi connectivity index (χ1v) is 8.06. The Morgan fingerprint density at radius 1 is 1.54 bits per heavy atom. The number of aromatic nitrogens is 2. The Morgan fingerprint density at radius 2 is 2.21 bits per heavy atom. The Morgan fingerprint density at radius 3 is 2.71 bits per heavy atom. The average molecular weight is 335 g/mol. The van der Waals surface area contributed by atoms with E-state index in [4.69, 9.17) is 4.74 Å². The van der Waals surface area contributed by atoms with E-state index in [1.165, 1.54) is 6.08 Å². The minimum atomic E-state index is -1.15. The predicted molar refractivity (Wildman–Crippen MR) is 89.1 cm³/mol. The van der Waals surface area contributed by atoms with Crippen LogP contribution in [0.2, 0.25) is 0 Å². The van der Waals surface area contributed by atoms with E-state index in [2.05, 4.69) is 17.0 Å². The van der Waals surface area contributed by atoms with Crippen LogP contribution in [0.4, 0.5) is 0 Å². The van der Waals surface area contributed by atoms with Gasteiger partial charge in [-0.2, -0.15) is 5.10 Å². The molecule has 0 aliphatic heterocycles. The molecule has 0 spiro atoms. The molecule has 132 valence electrons. The smallest absolute Gasteiger partial charge is 0.328 e. The molecule has 24 heavy (non-hydrogen) atoms. The summed E-state index contributed by atoms with van der Waals surface area (Å²) >= 11 is 0. The lowest BCUT2D eigenvalue weighted by atomic mass is 10.1. The maximum Gasteiger partial charge on any atom is 0.328 e. The molecule has 1 fully saturated rings. The molecule has 0 aromatic carbocycles. The molecule has 7 nitrogen and oxygen atoms in total. The van der Waals surface area contributed by atoms with Gasteiger partial charge in [-0.3, -0.25) is 9.48 Å². The zero-order chi connectivity index (χ0) is 17.9. The highest BCUT2D eigenvalue weighted by Crippen LogP contribution is 2.41. The largest absolute Gasteiger partial charge is 0.480 e. The van der Waals surface area contributed by atoms with Crippen molar-refractivity contribution in [3.05, 3.63) is 30.1 Å². The molecule has 0 saturated heterocycles. The highest BCUT2D eigenvalue weighted by atomic mass is 16.5. The van der Waals surface area contributed by atoms with Gasteiger partial charge in [0.1, 0.15) is 5.69 Å². The van der Waals surface area contributed by atoms with Gasteiger partial charge in [0.2, 0.25) is 0 Å². The molecule has 1 aromatic heterocycles. The lowest BCUT2D eigenvalue weighted by molar-refractivity contribution is -0.140. The Balaban J connectivity index is 2.13. The maximum atomic E-state index is 12.4. The van der Waals surface area contributed by atoms with Crippen LogP contribution in [-0.4, -0.2) is 46.0 Å². The van der Waals surface area contributed by atoms with Crippen molar-refractivity contribution >= 4 is 11.9 Å². The van der Waals surface area contributed by atoms with Crippen molar-refractivity contribution in [3.8, 4) is 0 Å². The van der Waals surface area contributed by atoms with E-state index < -0.39 is 17.9 Å². The topological polar surface area (TPSA) is 93.5 Å². The lowest BCUT2D eigenvalue weighted by Crippen LogP contribution is -2.44. The van der Waals surface area contributed by atoms with Gasteiger partial charge in [-0.15, -0.1) is 6.58 Å². The van der Waals surface area contributed by atoms with Gasteiger partial charge >= 0.3 is 5.97 Å². The number of hydrogen-bond donors (Lipinski definition) is 2. The quantitative estimate of drug-likeness (QED) is 0.559. The van der Waals surface area contributed by atoms with E-state index >= 15 is 0 Å². The summed E-state index contributed by atoms with van der Waals surface area (Å²) in [4.78, 5) is 23.7. The standard InChI is InChI=1S/C17H25N3O4/c1-5-8-24-10-13(16(22)23)18-15(21)12-9-14(11-6-7-11)20(19-12)17(2,3)4/h5,9,11,13H,1,6-8,10H2,2-4H3,(H,18,21)(H,22,23). The number of amides is 1. The predicted octanol–water partition coefficient (Wildman–Crippen LogP) is 1.90. The van der Waals surface area contributed by atoms with Gasteiger partial charge in [0.05, 0.1) is 18.8 Å². The van der Waals surface area contributed by atoms with Gasteiger partial charge in [-0.05, 0) is 39.7 Å². The molecule has 7 heteroatoms. The first-order chi connectivity index (χ1) is 11.2. The number of carboxylic acids is 1. The summed E-state index contributed by atoms with van der Waals surface area (Å²) in [6.07, 6.45) is 3.71. The number of rotatable bonds is 8. The summed E-state index contributed by atoms with van der Waals surface area (Å²) in [6.45, 7) is 9.67. The molecular weight excluding hydrogens is 310 g/mol. The molecule has 1 amide bonds. The SMILES string of the molecule is C=CCOCC(NC(=O)c1cc(C2CC2)n(C(C)(C)C)n1)C(=O)O. The van der Waals surface area contributed by atoms with Gasteiger partial charge in [-0.1, -0.05) is 6.08 Å². The third-order valence-electron chi connectivity index (χ3n) is 3.72. The summed E-state index contributed by atoms with van der Waals surface area (Å²) in [6, 6.07) is 0.642. The van der Waals surface area contributed by atoms with Crippen LogP contribution in [0.3, 0.4) is 0 Å². The second-order valence-electron chi connectivity index (χ2n) is 7.00. The summed E-state index contributed by atoms with van der Waals surface area (Å²) < 4.78 is 7.00. The second-order valence-corrected chi connectivity index (χ2v) is 7.00. The summed E-state index contributed by atoms with van der Waals surface area (Å²) in [5, 5.41) is 16.1. The highest BCUT2D eigenvalue weighted by Gasteiger charge is 2.33. The minimum absolute atomic E-state index is 0.122. The molecule has 1 aromatic rings. The van der Waals surface area contributed by atoms with Crippen LogP contribution >= 0.6 is 0 Å². The maximum absolute atomic E-state index is 12.4. The zero-order valence-corrected chi connectivity index (χ0v) is 14.4. The van der Waals surface area contributed by atoms with Crippen molar-refractivity contribution in [3.63, 3.8) is 0 Å². The van der Waals surface area contributed by atoms with Crippen LogP contribution in [0.25, 0.3) is 0 Å². The van der Waals surface area contributed by atoms with Gasteiger partial charge in [0, 0.05) is 11.6 Å². The van der Waals surface area contributed by atoms with Crippen molar-refractivity contribution in [2.75, 3.05) is 13.2 Å². The van der Waals surface area contributed by atoms with E-state index in [0.717, 1.165) is 18.5 Å². The van der Waals surface area contributed by atoms with Gasteiger partial charge in [-0.25, -0.2) is 4.79 Å². The summed E-state index contributed by atoms with van der Waals surface area (Å²) in [5.74, 6) is -1.22. The number of nitrogens with one attached hydrogen (secondary N) is 1. The molecule has 2 rings (SSSR count). The van der Waals surface area contributed by atoms with Crippen molar-refractivity contribution in [2.45, 2.75) is 51.1 Å². The summed E-state index contributed by atoms with van der Waals surface area (Å²) in [7, 11) is 0. The third kappa shape index (κ3) is 4.44. The van der Waals surface area contributed by atoms with E-state index in [1.807, 2.05) is 25.5 Å². The molecule has 1 heterocycles. The van der Waals surface area contributed by atoms with Crippen LogP contribution in [0.1, 0.15) is 55.7 Å². The zero-order valence-electron chi connectivity index (χ0n) is 14.4.